The maximum atomic E-state index is 12.4. The van der Waals surface area contributed by atoms with Crippen LogP contribution in [0.4, 0.5) is 13.2 Å². The number of pyridine rings is 1. The predicted octanol–water partition coefficient (Wildman–Crippen LogP) is 4.01. The molecule has 0 saturated carbocycles. The lowest BCUT2D eigenvalue weighted by Gasteiger charge is -2.05. The quantitative estimate of drug-likeness (QED) is 0.633. The van der Waals surface area contributed by atoms with Crippen LogP contribution in [0.2, 0.25) is 0 Å². The summed E-state index contributed by atoms with van der Waals surface area (Å²) < 4.78 is 42.2. The molecule has 22 heavy (non-hydrogen) atoms. The van der Waals surface area contributed by atoms with Crippen LogP contribution in [-0.4, -0.2) is 17.9 Å². The smallest absolute Gasteiger partial charge is 0.416 e. The van der Waals surface area contributed by atoms with E-state index >= 15 is 0 Å². The summed E-state index contributed by atoms with van der Waals surface area (Å²) in [6, 6.07) is 9.29. The molecule has 0 aliphatic rings. The van der Waals surface area contributed by atoms with Gasteiger partial charge in [-0.1, -0.05) is 24.3 Å². The Balaban J connectivity index is 2.12. The number of alkyl halides is 3. The van der Waals surface area contributed by atoms with Gasteiger partial charge in [0.25, 0.3) is 0 Å². The van der Waals surface area contributed by atoms with Gasteiger partial charge in [-0.15, -0.1) is 0 Å². The second-order valence-electron chi connectivity index (χ2n) is 4.38. The maximum Gasteiger partial charge on any atom is 0.416 e. The highest BCUT2D eigenvalue weighted by Gasteiger charge is 2.29. The monoisotopic (exact) mass is 307 g/mol. The van der Waals surface area contributed by atoms with Crippen LogP contribution in [0.15, 0.2) is 48.5 Å². The third kappa shape index (κ3) is 3.94. The molecular formula is C16H12F3NO2. The Morgan fingerprint density at radius 1 is 1.14 bits per heavy atom. The molecule has 0 saturated heterocycles. The Hall–Kier alpha value is -2.63. The molecule has 0 aliphatic heterocycles. The summed E-state index contributed by atoms with van der Waals surface area (Å²) in [6.45, 7) is 0. The standard InChI is InChI=1S/C16H12F3NO2/c1-22-15-4-2-3-13(20-15)14(21)10-7-11-5-8-12(9-6-11)16(17,18)19/h2-10H,1H3/b10-7+. The minimum atomic E-state index is -4.37. The summed E-state index contributed by atoms with van der Waals surface area (Å²) in [5.74, 6) is -0.0485. The van der Waals surface area contributed by atoms with Crippen molar-refractivity contribution in [1.29, 1.82) is 0 Å². The number of allylic oxidation sites excluding steroid dienone is 1. The van der Waals surface area contributed by atoms with Gasteiger partial charge in [-0.2, -0.15) is 13.2 Å². The normalized spacial score (nSPS) is 11.6. The van der Waals surface area contributed by atoms with E-state index in [4.69, 9.17) is 4.74 Å². The fourth-order valence-corrected chi connectivity index (χ4v) is 1.71. The Morgan fingerprint density at radius 2 is 1.82 bits per heavy atom. The van der Waals surface area contributed by atoms with Gasteiger partial charge < -0.3 is 4.74 Å². The first-order chi connectivity index (χ1) is 10.4. The highest BCUT2D eigenvalue weighted by atomic mass is 19.4. The molecular weight excluding hydrogens is 295 g/mol. The van der Waals surface area contributed by atoms with Crippen LogP contribution < -0.4 is 4.74 Å². The van der Waals surface area contributed by atoms with Gasteiger partial charge in [0.05, 0.1) is 12.7 Å². The highest BCUT2D eigenvalue weighted by Crippen LogP contribution is 2.29. The fraction of sp³-hybridized carbons (Fsp3) is 0.125. The maximum absolute atomic E-state index is 12.4. The Kier molecular flexibility index (Phi) is 4.60. The molecule has 2 aromatic rings. The number of methoxy groups -OCH3 is 1. The summed E-state index contributed by atoms with van der Waals surface area (Å²) >= 11 is 0. The van der Waals surface area contributed by atoms with Crippen molar-refractivity contribution >= 4 is 11.9 Å². The first-order valence-electron chi connectivity index (χ1n) is 6.31. The molecule has 3 nitrogen and oxygen atoms in total. The summed E-state index contributed by atoms with van der Waals surface area (Å²) in [6.07, 6.45) is -1.68. The number of hydrogen-bond acceptors (Lipinski definition) is 3. The first kappa shape index (κ1) is 15.8. The summed E-state index contributed by atoms with van der Waals surface area (Å²) in [5, 5.41) is 0. The van der Waals surface area contributed by atoms with E-state index in [-0.39, 0.29) is 11.5 Å². The zero-order valence-corrected chi connectivity index (χ0v) is 11.6. The van der Waals surface area contributed by atoms with E-state index in [0.29, 0.717) is 11.4 Å². The minimum Gasteiger partial charge on any atom is -0.481 e. The Morgan fingerprint density at radius 3 is 2.41 bits per heavy atom. The third-order valence-electron chi connectivity index (χ3n) is 2.85. The van der Waals surface area contributed by atoms with E-state index in [2.05, 4.69) is 4.98 Å². The number of carbonyl (C=O) groups is 1. The molecule has 0 amide bonds. The molecule has 6 heteroatoms. The summed E-state index contributed by atoms with van der Waals surface area (Å²) in [4.78, 5) is 15.9. The molecule has 0 fully saturated rings. The van der Waals surface area contributed by atoms with Crippen LogP contribution in [0.25, 0.3) is 6.08 Å². The van der Waals surface area contributed by atoms with Crippen molar-refractivity contribution in [2.45, 2.75) is 6.18 Å². The molecule has 0 N–H and O–H groups in total. The lowest BCUT2D eigenvalue weighted by atomic mass is 10.1. The number of nitrogens with zero attached hydrogens (tertiary/aromatic N) is 1. The average Bonchev–Trinajstić information content (AvgIpc) is 2.52. The summed E-state index contributed by atoms with van der Waals surface area (Å²) in [5.41, 5.74) is -0.0443. The van der Waals surface area contributed by atoms with Crippen LogP contribution in [0, 0.1) is 0 Å². The van der Waals surface area contributed by atoms with Crippen LogP contribution in [0.1, 0.15) is 21.6 Å². The number of aromatic nitrogens is 1. The molecule has 1 aromatic heterocycles. The largest absolute Gasteiger partial charge is 0.481 e. The van der Waals surface area contributed by atoms with Gasteiger partial charge in [0.2, 0.25) is 11.7 Å². The predicted molar refractivity (Wildman–Crippen MR) is 75.6 cm³/mol. The second-order valence-corrected chi connectivity index (χ2v) is 4.38. The van der Waals surface area contributed by atoms with Crippen molar-refractivity contribution in [1.82, 2.24) is 4.98 Å². The second kappa shape index (κ2) is 6.43. The number of halogens is 3. The van der Waals surface area contributed by atoms with Crippen molar-refractivity contribution in [2.75, 3.05) is 7.11 Å². The van der Waals surface area contributed by atoms with Gasteiger partial charge in [-0.3, -0.25) is 4.79 Å². The lowest BCUT2D eigenvalue weighted by molar-refractivity contribution is -0.137. The van der Waals surface area contributed by atoms with E-state index in [1.165, 1.54) is 37.5 Å². The molecule has 0 radical (unpaired) electrons. The van der Waals surface area contributed by atoms with Crippen molar-refractivity contribution in [3.63, 3.8) is 0 Å². The molecule has 0 unspecified atom stereocenters. The van der Waals surface area contributed by atoms with E-state index in [1.54, 1.807) is 12.1 Å². The van der Waals surface area contributed by atoms with Gasteiger partial charge in [0, 0.05) is 6.07 Å². The Bertz CT molecular complexity index is 691. The van der Waals surface area contributed by atoms with Gasteiger partial charge in [0.15, 0.2) is 0 Å². The highest BCUT2D eigenvalue weighted by molar-refractivity contribution is 6.05. The third-order valence-corrected chi connectivity index (χ3v) is 2.85. The van der Waals surface area contributed by atoms with E-state index in [1.807, 2.05) is 0 Å². The lowest BCUT2D eigenvalue weighted by Crippen LogP contribution is -2.04. The fourth-order valence-electron chi connectivity index (χ4n) is 1.71. The molecule has 0 atom stereocenters. The van der Waals surface area contributed by atoms with E-state index < -0.39 is 11.7 Å². The van der Waals surface area contributed by atoms with Gasteiger partial charge in [0.1, 0.15) is 5.69 Å². The van der Waals surface area contributed by atoms with Gasteiger partial charge in [-0.25, -0.2) is 4.98 Å². The number of ether oxygens (including phenoxy) is 1. The van der Waals surface area contributed by atoms with E-state index in [9.17, 15) is 18.0 Å². The van der Waals surface area contributed by atoms with Crippen molar-refractivity contribution in [2.24, 2.45) is 0 Å². The minimum absolute atomic E-state index is 0.197. The molecule has 1 aromatic carbocycles. The van der Waals surface area contributed by atoms with Crippen molar-refractivity contribution in [3.05, 3.63) is 65.4 Å². The van der Waals surface area contributed by atoms with E-state index in [0.717, 1.165) is 12.1 Å². The number of benzene rings is 1. The summed E-state index contributed by atoms with van der Waals surface area (Å²) in [7, 11) is 1.44. The van der Waals surface area contributed by atoms with Crippen molar-refractivity contribution < 1.29 is 22.7 Å². The number of hydrogen-bond donors (Lipinski definition) is 0. The number of ketones is 1. The molecule has 0 aliphatic carbocycles. The van der Waals surface area contributed by atoms with Crippen LogP contribution in [0.5, 0.6) is 5.88 Å². The molecule has 0 spiro atoms. The van der Waals surface area contributed by atoms with Crippen LogP contribution in [0.3, 0.4) is 0 Å². The van der Waals surface area contributed by atoms with Gasteiger partial charge >= 0.3 is 6.18 Å². The van der Waals surface area contributed by atoms with Crippen LogP contribution >= 0.6 is 0 Å². The van der Waals surface area contributed by atoms with Crippen LogP contribution in [-0.2, 0) is 6.18 Å². The average molecular weight is 307 g/mol. The number of rotatable bonds is 4. The first-order valence-corrected chi connectivity index (χ1v) is 6.31. The Labute approximate surface area is 125 Å². The molecule has 1 heterocycles. The SMILES string of the molecule is COc1cccc(C(=O)/C=C/c2ccc(C(F)(F)F)cc2)n1. The zero-order valence-electron chi connectivity index (χ0n) is 11.6. The zero-order chi connectivity index (χ0) is 16.2. The molecule has 114 valence electrons. The van der Waals surface area contributed by atoms with Gasteiger partial charge in [-0.05, 0) is 29.8 Å². The van der Waals surface area contributed by atoms with Crippen molar-refractivity contribution in [3.8, 4) is 5.88 Å². The molecule has 0 bridgehead atoms. The topological polar surface area (TPSA) is 39.2 Å². The number of carbonyl (C=O) groups excluding carboxylic acids is 1. The molecule has 2 rings (SSSR count).